The van der Waals surface area contributed by atoms with Gasteiger partial charge in [-0.15, -0.1) is 0 Å². The average molecular weight is 866 g/mol. The zero-order valence-corrected chi connectivity index (χ0v) is 33.2. The summed E-state index contributed by atoms with van der Waals surface area (Å²) in [5, 5.41) is 0. The Morgan fingerprint density at radius 3 is 1.41 bits per heavy atom. The van der Waals surface area contributed by atoms with Crippen LogP contribution in [0, 0.1) is 0 Å². The largest absolute Gasteiger partial charge is 0.493 e. The monoisotopic (exact) mass is 864 g/mol. The minimum absolute atomic E-state index is 0.0454. The van der Waals surface area contributed by atoms with Gasteiger partial charge in [-0.1, -0.05) is 78.9 Å². The van der Waals surface area contributed by atoms with Crippen LogP contribution in [-0.4, -0.2) is 80.1 Å². The smallest absolute Gasteiger partial charge is 0.338 e. The number of hydrogen-bond acceptors (Lipinski definition) is 13. The molecule has 5 aromatic rings. The van der Waals surface area contributed by atoms with Crippen LogP contribution in [0.5, 0.6) is 17.2 Å². The molecule has 59 heavy (non-hydrogen) atoms. The summed E-state index contributed by atoms with van der Waals surface area (Å²) in [5.41, 5.74) is 1.11. The number of hydrogen-bond donors (Lipinski definition) is 0. The highest BCUT2D eigenvalue weighted by atomic mass is 79.9. The lowest BCUT2D eigenvalue weighted by molar-refractivity contribution is -0.275. The van der Waals surface area contributed by atoms with Crippen molar-refractivity contribution in [2.45, 2.75) is 30.7 Å². The summed E-state index contributed by atoms with van der Waals surface area (Å²) in [4.78, 5) is 66.6. The summed E-state index contributed by atoms with van der Waals surface area (Å²) in [7, 11) is 2.74. The van der Waals surface area contributed by atoms with Crippen LogP contribution in [0.4, 0.5) is 0 Å². The van der Waals surface area contributed by atoms with E-state index in [1.807, 2.05) is 0 Å². The summed E-state index contributed by atoms with van der Waals surface area (Å²) < 4.78 is 48.0. The third-order valence-electron chi connectivity index (χ3n) is 8.86. The van der Waals surface area contributed by atoms with E-state index in [0.717, 1.165) is 0 Å². The quantitative estimate of drug-likeness (QED) is 0.0448. The minimum atomic E-state index is -1.68. The van der Waals surface area contributed by atoms with Crippen molar-refractivity contribution < 1.29 is 61.9 Å². The van der Waals surface area contributed by atoms with E-state index in [4.69, 9.17) is 37.9 Å². The number of benzene rings is 5. The normalized spacial score (nSPS) is 18.5. The van der Waals surface area contributed by atoms with Crippen molar-refractivity contribution in [1.29, 1.82) is 0 Å². The molecule has 5 aromatic carbocycles. The first-order valence-corrected chi connectivity index (χ1v) is 18.9. The summed E-state index contributed by atoms with van der Waals surface area (Å²) in [6.07, 6.45) is -5.22. The Morgan fingerprint density at radius 2 is 0.983 bits per heavy atom. The molecule has 0 radical (unpaired) electrons. The molecular weight excluding hydrogens is 828 g/mol. The number of halogens is 1. The Bertz CT molecular complexity index is 2240. The summed E-state index contributed by atoms with van der Waals surface area (Å²) in [5.74, 6) is -3.16. The Kier molecular flexibility index (Phi) is 14.2. The second kappa shape index (κ2) is 20.1. The third kappa shape index (κ3) is 10.8. The number of carbonyl (C=O) groups is 5. The van der Waals surface area contributed by atoms with Gasteiger partial charge >= 0.3 is 23.9 Å². The van der Waals surface area contributed by atoms with Crippen molar-refractivity contribution in [2.75, 3.05) is 20.8 Å². The highest BCUT2D eigenvalue weighted by molar-refractivity contribution is 9.18. The molecule has 14 heteroatoms. The number of ether oxygens (including phenoxy) is 8. The van der Waals surface area contributed by atoms with E-state index >= 15 is 0 Å². The van der Waals surface area contributed by atoms with Crippen LogP contribution in [0.25, 0.3) is 6.08 Å². The Hall–Kier alpha value is -6.77. The van der Waals surface area contributed by atoms with Gasteiger partial charge in [0.05, 0.1) is 36.5 Å². The van der Waals surface area contributed by atoms with Crippen LogP contribution >= 0.6 is 15.9 Å². The van der Waals surface area contributed by atoms with Gasteiger partial charge in [0.1, 0.15) is 12.7 Å². The topological polar surface area (TPSA) is 159 Å². The molecule has 1 saturated heterocycles. The predicted molar refractivity (Wildman–Crippen MR) is 215 cm³/mol. The molecule has 0 bridgehead atoms. The van der Waals surface area contributed by atoms with E-state index in [-0.39, 0.29) is 44.2 Å². The molecule has 302 valence electrons. The molecule has 0 saturated carbocycles. The average Bonchev–Trinajstić information content (AvgIpc) is 3.27. The number of esters is 4. The molecular formula is C45H37BrO13. The van der Waals surface area contributed by atoms with Gasteiger partial charge in [-0.25, -0.2) is 19.2 Å². The van der Waals surface area contributed by atoms with Gasteiger partial charge in [0, 0.05) is 0 Å². The van der Waals surface area contributed by atoms with Crippen LogP contribution < -0.4 is 14.2 Å². The molecule has 1 aliphatic rings. The molecule has 0 N–H and O–H groups in total. The van der Waals surface area contributed by atoms with Crippen molar-refractivity contribution in [1.82, 2.24) is 0 Å². The van der Waals surface area contributed by atoms with Gasteiger partial charge in [0.25, 0.3) is 0 Å². The van der Waals surface area contributed by atoms with Gasteiger partial charge < -0.3 is 37.9 Å². The predicted octanol–water partition coefficient (Wildman–Crippen LogP) is 7.28. The van der Waals surface area contributed by atoms with E-state index in [9.17, 15) is 24.0 Å². The first-order chi connectivity index (χ1) is 28.6. The first-order valence-electron chi connectivity index (χ1n) is 18.1. The van der Waals surface area contributed by atoms with Crippen molar-refractivity contribution in [3.05, 3.63) is 167 Å². The molecule has 13 nitrogen and oxygen atoms in total. The fourth-order valence-corrected chi connectivity index (χ4v) is 6.14. The van der Waals surface area contributed by atoms with E-state index in [1.165, 1.54) is 62.8 Å². The molecule has 1 aliphatic heterocycles. The zero-order valence-electron chi connectivity index (χ0n) is 31.6. The van der Waals surface area contributed by atoms with Gasteiger partial charge in [-0.2, -0.15) is 0 Å². The zero-order chi connectivity index (χ0) is 41.7. The molecule has 0 aromatic heterocycles. The SMILES string of the molecule is COc1cc(/C=C/C(=O)Br)cc(OC)c1O[C@H]1O[C@H](COC(=O)c2ccccc2)[C@@H](OC(=O)c2ccccc2)[C@H](OC(=O)c2ccccc2)[C@@H]1OC(=O)c1ccccc1. The van der Waals surface area contributed by atoms with Crippen molar-refractivity contribution in [3.63, 3.8) is 0 Å². The molecule has 0 aliphatic carbocycles. The second-order valence-corrected chi connectivity index (χ2v) is 13.5. The Balaban J connectivity index is 1.48. The van der Waals surface area contributed by atoms with Crippen LogP contribution in [0.1, 0.15) is 47.0 Å². The van der Waals surface area contributed by atoms with Crippen LogP contribution in [0.3, 0.4) is 0 Å². The van der Waals surface area contributed by atoms with Crippen molar-refractivity contribution in [2.24, 2.45) is 0 Å². The van der Waals surface area contributed by atoms with Gasteiger partial charge in [-0.05, 0) is 88.2 Å². The Morgan fingerprint density at radius 1 is 0.576 bits per heavy atom. The number of methoxy groups -OCH3 is 2. The van der Waals surface area contributed by atoms with E-state index in [2.05, 4.69) is 15.9 Å². The van der Waals surface area contributed by atoms with Crippen LogP contribution in [0.2, 0.25) is 0 Å². The first kappa shape index (κ1) is 41.9. The summed E-state index contributed by atoms with van der Waals surface area (Å²) in [6.45, 7) is -0.558. The second-order valence-electron chi connectivity index (χ2n) is 12.7. The fraction of sp³-hybridized carbons (Fsp3) is 0.178. The van der Waals surface area contributed by atoms with Crippen LogP contribution in [0.15, 0.2) is 140 Å². The maximum atomic E-state index is 13.9. The number of rotatable bonds is 15. The Labute approximate surface area is 347 Å². The van der Waals surface area contributed by atoms with E-state index in [0.29, 0.717) is 5.56 Å². The molecule has 1 heterocycles. The summed E-state index contributed by atoms with van der Waals surface area (Å²) >= 11 is 2.87. The van der Waals surface area contributed by atoms with E-state index < -0.39 is 61.2 Å². The number of allylic oxidation sites excluding steroid dienone is 1. The van der Waals surface area contributed by atoms with Gasteiger partial charge in [0.15, 0.2) is 23.7 Å². The molecule has 6 rings (SSSR count). The third-order valence-corrected chi connectivity index (χ3v) is 9.13. The molecule has 0 spiro atoms. The van der Waals surface area contributed by atoms with Crippen LogP contribution in [-0.2, 0) is 28.5 Å². The molecule has 1 fully saturated rings. The van der Waals surface area contributed by atoms with Crippen molar-refractivity contribution >= 4 is 50.6 Å². The molecule has 0 unspecified atom stereocenters. The maximum absolute atomic E-state index is 13.9. The lowest BCUT2D eigenvalue weighted by atomic mass is 9.97. The van der Waals surface area contributed by atoms with Crippen molar-refractivity contribution in [3.8, 4) is 17.2 Å². The number of carbonyl (C=O) groups excluding carboxylic acids is 5. The summed E-state index contributed by atoms with van der Waals surface area (Å²) in [6, 6.07) is 35.3. The molecule has 5 atom stereocenters. The van der Waals surface area contributed by atoms with Gasteiger partial charge in [-0.3, -0.25) is 4.79 Å². The standard InChI is InChI=1S/C45H37BrO13/c1-52-33-25-28(23-24-36(46)47)26-34(53-2)37(33)59-45-40(58-44(51)32-21-13-6-14-22-32)39(57-43(50)31-19-11-5-12-20-31)38(56-42(49)30-17-9-4-10-18-30)35(55-45)27-54-41(48)29-15-7-3-8-16-29/h3-26,35,38-40,45H,27H2,1-2H3/b24-23+/t35-,38-,39+,40+,45-/m1/s1. The lowest BCUT2D eigenvalue weighted by Crippen LogP contribution is -2.64. The van der Waals surface area contributed by atoms with E-state index in [1.54, 1.807) is 97.1 Å². The minimum Gasteiger partial charge on any atom is -0.493 e. The lowest BCUT2D eigenvalue weighted by Gasteiger charge is -2.44. The highest BCUT2D eigenvalue weighted by Crippen LogP contribution is 2.42. The molecule has 0 amide bonds. The maximum Gasteiger partial charge on any atom is 0.338 e. The highest BCUT2D eigenvalue weighted by Gasteiger charge is 2.54. The van der Waals surface area contributed by atoms with Gasteiger partial charge in [0.2, 0.25) is 22.8 Å². The fourth-order valence-electron chi connectivity index (χ4n) is 6.01.